The fourth-order valence-corrected chi connectivity index (χ4v) is 3.94. The van der Waals surface area contributed by atoms with Gasteiger partial charge in [-0.05, 0) is 25.1 Å². The van der Waals surface area contributed by atoms with E-state index in [1.54, 1.807) is 45.2 Å². The van der Waals surface area contributed by atoms with E-state index >= 15 is 0 Å². The van der Waals surface area contributed by atoms with E-state index in [4.69, 9.17) is 5.73 Å². The van der Waals surface area contributed by atoms with Crippen LogP contribution in [0.2, 0.25) is 0 Å². The molecule has 1 unspecified atom stereocenters. The molecule has 3 N–H and O–H groups in total. The Morgan fingerprint density at radius 3 is 2.58 bits per heavy atom. The quantitative estimate of drug-likeness (QED) is 0.381. The number of benzene rings is 1. The molecule has 0 spiro atoms. The number of hydrogen-bond donors (Lipinski definition) is 2. The zero-order valence-corrected chi connectivity index (χ0v) is 19.6. The van der Waals surface area contributed by atoms with Crippen LogP contribution in [0, 0.1) is 11.8 Å². The fourth-order valence-electron chi connectivity index (χ4n) is 3.94. The Bertz CT molecular complexity index is 1700. The molecule has 36 heavy (non-hydrogen) atoms. The predicted octanol–water partition coefficient (Wildman–Crippen LogP) is 2.09. The minimum absolute atomic E-state index is 0.0213. The Labute approximate surface area is 206 Å². The number of aromatic nitrogens is 6. The molecule has 4 aromatic heterocycles. The number of nitrogens with one attached hydrogen (secondary N) is 1. The normalized spacial score (nSPS) is 11.6. The Balaban J connectivity index is 1.62. The van der Waals surface area contributed by atoms with Gasteiger partial charge in [-0.15, -0.1) is 0 Å². The number of amides is 1. The van der Waals surface area contributed by atoms with Gasteiger partial charge in [0, 0.05) is 43.7 Å². The van der Waals surface area contributed by atoms with Gasteiger partial charge in [-0.3, -0.25) is 18.8 Å². The average molecular weight is 479 g/mol. The summed E-state index contributed by atoms with van der Waals surface area (Å²) >= 11 is 0. The largest absolute Gasteiger partial charge is 0.382 e. The first kappa shape index (κ1) is 22.6. The number of carbonyl (C=O) groups excluding carboxylic acids is 1. The van der Waals surface area contributed by atoms with Crippen LogP contribution in [-0.2, 0) is 7.05 Å². The first-order chi connectivity index (χ1) is 17.4. The smallest absolute Gasteiger partial charge is 0.280 e. The first-order valence-electron chi connectivity index (χ1n) is 11.1. The number of nitrogens with zero attached hydrogens (tertiary/aromatic N) is 6. The van der Waals surface area contributed by atoms with E-state index in [-0.39, 0.29) is 17.1 Å². The summed E-state index contributed by atoms with van der Waals surface area (Å²) in [7, 11) is 1.82. The van der Waals surface area contributed by atoms with Gasteiger partial charge in [-0.2, -0.15) is 5.10 Å². The second kappa shape index (κ2) is 9.23. The number of anilines is 1. The van der Waals surface area contributed by atoms with Gasteiger partial charge in [-0.25, -0.2) is 9.97 Å². The number of nitrogen functional groups attached to an aromatic ring is 1. The maximum atomic E-state index is 13.9. The average Bonchev–Trinajstić information content (AvgIpc) is 3.49. The highest BCUT2D eigenvalue weighted by molar-refractivity contribution is 5.96. The summed E-state index contributed by atoms with van der Waals surface area (Å²) in [6.07, 6.45) is 9.87. The van der Waals surface area contributed by atoms with Crippen LogP contribution in [0.5, 0.6) is 0 Å². The molecule has 1 atom stereocenters. The summed E-state index contributed by atoms with van der Waals surface area (Å²) < 4.78 is 4.97. The number of fused-ring (bicyclic) bond motifs is 1. The topological polar surface area (TPSA) is 125 Å². The van der Waals surface area contributed by atoms with Crippen molar-refractivity contribution < 1.29 is 4.79 Å². The third kappa shape index (κ3) is 4.21. The van der Waals surface area contributed by atoms with Crippen molar-refractivity contribution in [2.75, 3.05) is 5.73 Å². The monoisotopic (exact) mass is 478 g/mol. The Hall–Kier alpha value is -5.17. The van der Waals surface area contributed by atoms with Gasteiger partial charge >= 0.3 is 0 Å². The maximum absolute atomic E-state index is 13.9. The number of rotatable bonds is 4. The Morgan fingerprint density at radius 1 is 1.08 bits per heavy atom. The van der Waals surface area contributed by atoms with Crippen LogP contribution < -0.4 is 16.6 Å². The van der Waals surface area contributed by atoms with Crippen molar-refractivity contribution in [1.82, 2.24) is 34.0 Å². The van der Waals surface area contributed by atoms with Crippen molar-refractivity contribution in [1.29, 1.82) is 0 Å². The lowest BCUT2D eigenvalue weighted by Crippen LogP contribution is -2.33. The van der Waals surface area contributed by atoms with E-state index in [1.165, 1.54) is 12.4 Å². The highest BCUT2D eigenvalue weighted by Crippen LogP contribution is 2.20. The molecule has 0 radical (unpaired) electrons. The van der Waals surface area contributed by atoms with Gasteiger partial charge in [0.05, 0.1) is 29.1 Å². The van der Waals surface area contributed by atoms with Crippen molar-refractivity contribution in [2.45, 2.75) is 13.0 Å². The van der Waals surface area contributed by atoms with E-state index in [9.17, 15) is 9.59 Å². The number of carbonyl (C=O) groups is 1. The molecule has 5 rings (SSSR count). The molecule has 0 fully saturated rings. The van der Waals surface area contributed by atoms with Crippen LogP contribution in [0.4, 0.5) is 5.82 Å². The Kier molecular flexibility index (Phi) is 5.80. The van der Waals surface area contributed by atoms with E-state index in [0.29, 0.717) is 22.5 Å². The molecule has 0 bridgehead atoms. The van der Waals surface area contributed by atoms with Crippen molar-refractivity contribution in [3.63, 3.8) is 0 Å². The number of nitrogens with two attached hydrogens (primary N) is 1. The third-order valence-electron chi connectivity index (χ3n) is 5.64. The van der Waals surface area contributed by atoms with E-state index in [0.717, 1.165) is 5.56 Å². The van der Waals surface area contributed by atoms with E-state index in [1.807, 2.05) is 43.6 Å². The summed E-state index contributed by atoms with van der Waals surface area (Å²) in [5.74, 6) is 5.68. The summed E-state index contributed by atoms with van der Waals surface area (Å²) in [6.45, 7) is 1.79. The van der Waals surface area contributed by atoms with Crippen molar-refractivity contribution >= 4 is 17.2 Å². The summed E-state index contributed by atoms with van der Waals surface area (Å²) in [5, 5.41) is 7.00. The number of hydrogen-bond acceptors (Lipinski definition) is 6. The number of aryl methyl sites for hydroxylation is 1. The van der Waals surface area contributed by atoms with Crippen molar-refractivity contribution in [2.24, 2.45) is 7.05 Å². The molecule has 1 aromatic carbocycles. The molecule has 10 heteroatoms. The van der Waals surface area contributed by atoms with Crippen LogP contribution in [0.3, 0.4) is 0 Å². The number of para-hydroxylation sites is 1. The van der Waals surface area contributed by atoms with Crippen molar-refractivity contribution in [3.05, 3.63) is 106 Å². The summed E-state index contributed by atoms with van der Waals surface area (Å²) in [4.78, 5) is 34.7. The standard InChI is InChI=1S/C26H22N8O2/c1-17(31-25(35)22-24(27)29-12-11-28-22)21-16-33-13-10-19(9-8-18-14-30-32(2)15-18)23(33)26(36)34(21)20-6-4-3-5-7-20/h3-7,10-17H,1-2H3,(H2,27,29)(H,31,35). The molecule has 4 heterocycles. The first-order valence-corrected chi connectivity index (χ1v) is 11.1. The molecule has 0 aliphatic heterocycles. The van der Waals surface area contributed by atoms with Gasteiger partial charge < -0.3 is 15.5 Å². The predicted molar refractivity (Wildman–Crippen MR) is 135 cm³/mol. The molecular weight excluding hydrogens is 456 g/mol. The molecule has 5 aromatic rings. The van der Waals surface area contributed by atoms with Gasteiger partial charge in [0.2, 0.25) is 0 Å². The van der Waals surface area contributed by atoms with Crippen LogP contribution in [0.15, 0.2) is 78.4 Å². The van der Waals surface area contributed by atoms with Crippen LogP contribution in [0.1, 0.15) is 40.3 Å². The third-order valence-corrected chi connectivity index (χ3v) is 5.64. The van der Waals surface area contributed by atoms with Gasteiger partial charge in [0.1, 0.15) is 5.52 Å². The molecule has 178 valence electrons. The molecule has 1 amide bonds. The lowest BCUT2D eigenvalue weighted by molar-refractivity contribution is 0.0934. The molecule has 0 aliphatic carbocycles. The minimum atomic E-state index is -0.566. The summed E-state index contributed by atoms with van der Waals surface area (Å²) in [5.41, 5.74) is 8.56. The second-order valence-electron chi connectivity index (χ2n) is 8.15. The van der Waals surface area contributed by atoms with Gasteiger partial charge in [0.15, 0.2) is 11.5 Å². The minimum Gasteiger partial charge on any atom is -0.382 e. The van der Waals surface area contributed by atoms with E-state index in [2.05, 4.69) is 32.2 Å². The zero-order valence-electron chi connectivity index (χ0n) is 19.6. The second-order valence-corrected chi connectivity index (χ2v) is 8.15. The zero-order chi connectivity index (χ0) is 25.2. The molecule has 0 aliphatic rings. The van der Waals surface area contributed by atoms with E-state index < -0.39 is 11.9 Å². The molecule has 10 nitrogen and oxygen atoms in total. The highest BCUT2D eigenvalue weighted by Gasteiger charge is 2.21. The molecular formula is C26H22N8O2. The highest BCUT2D eigenvalue weighted by atomic mass is 16.2. The van der Waals surface area contributed by atoms with Crippen LogP contribution in [-0.4, -0.2) is 34.6 Å². The van der Waals surface area contributed by atoms with Crippen LogP contribution in [0.25, 0.3) is 11.2 Å². The Morgan fingerprint density at radius 2 is 1.86 bits per heavy atom. The lowest BCUT2D eigenvalue weighted by Gasteiger charge is -2.20. The lowest BCUT2D eigenvalue weighted by atomic mass is 10.2. The maximum Gasteiger partial charge on any atom is 0.280 e. The SMILES string of the molecule is CC(NC(=O)c1nccnc1N)c1cn2ccc(C#Cc3cnn(C)c3)c2c(=O)n1-c1ccccc1. The van der Waals surface area contributed by atoms with Gasteiger partial charge in [0.25, 0.3) is 11.5 Å². The van der Waals surface area contributed by atoms with Crippen LogP contribution >= 0.6 is 0 Å². The van der Waals surface area contributed by atoms with Gasteiger partial charge in [-0.1, -0.05) is 30.0 Å². The molecule has 0 saturated carbocycles. The molecule has 0 saturated heterocycles. The fraction of sp³-hybridized carbons (Fsp3) is 0.115. The summed E-state index contributed by atoms with van der Waals surface area (Å²) in [6, 6.07) is 10.5. The van der Waals surface area contributed by atoms with Crippen molar-refractivity contribution in [3.8, 4) is 17.5 Å².